The van der Waals surface area contributed by atoms with E-state index >= 15 is 0 Å². The first-order valence-corrected chi connectivity index (χ1v) is 11.9. The summed E-state index contributed by atoms with van der Waals surface area (Å²) in [4.78, 5) is 19.7. The molecule has 0 aliphatic heterocycles. The fourth-order valence-corrected chi connectivity index (χ4v) is 5.09. The molecule has 1 fully saturated rings. The first-order valence-electron chi connectivity index (χ1n) is 9.51. The Hall–Kier alpha value is -2.25. The number of aromatic nitrogens is 2. The molecule has 3 rings (SSSR count). The normalized spacial score (nSPS) is 17.7. The van der Waals surface area contributed by atoms with Crippen molar-refractivity contribution in [3.8, 4) is 5.88 Å². The fraction of sp³-hybridized carbons (Fsp3) is 0.421. The molecule has 0 spiro atoms. The Kier molecular flexibility index (Phi) is 7.10. The van der Waals surface area contributed by atoms with Gasteiger partial charge in [0.15, 0.2) is 0 Å². The fourth-order valence-electron chi connectivity index (χ4n) is 2.51. The van der Waals surface area contributed by atoms with Gasteiger partial charge in [0.25, 0.3) is 0 Å². The van der Waals surface area contributed by atoms with Gasteiger partial charge in [-0.1, -0.05) is 0 Å². The molecule has 1 unspecified atom stereocenters. The van der Waals surface area contributed by atoms with Gasteiger partial charge in [-0.2, -0.15) is 18.2 Å². The lowest BCUT2D eigenvalue weighted by Gasteiger charge is -2.17. The Labute approximate surface area is 190 Å². The summed E-state index contributed by atoms with van der Waals surface area (Å²) in [6.45, 7) is 3.26. The maximum Gasteiger partial charge on any atom is 0.474 e. The molecule has 2 aromatic rings. The van der Waals surface area contributed by atoms with Gasteiger partial charge in [-0.05, 0) is 66.9 Å². The van der Waals surface area contributed by atoms with Gasteiger partial charge in [-0.15, -0.1) is 4.36 Å². The Bertz CT molecular complexity index is 1110. The number of nitrogens with one attached hydrogen (secondary N) is 1. The van der Waals surface area contributed by atoms with Crippen molar-refractivity contribution in [1.82, 2.24) is 9.97 Å². The summed E-state index contributed by atoms with van der Waals surface area (Å²) in [6, 6.07) is 5.69. The molecule has 32 heavy (non-hydrogen) atoms. The predicted octanol–water partition coefficient (Wildman–Crippen LogP) is 4.21. The zero-order chi connectivity index (χ0) is 23.7. The predicted molar refractivity (Wildman–Crippen MR) is 114 cm³/mol. The molecule has 1 saturated carbocycles. The molecule has 0 saturated heterocycles. The Balaban J connectivity index is 1.82. The largest absolute Gasteiger partial charge is 0.474 e. The second-order valence-electron chi connectivity index (χ2n) is 7.22. The van der Waals surface area contributed by atoms with Gasteiger partial charge < -0.3 is 15.2 Å². The number of amides is 1. The number of aliphatic hydroxyl groups is 1. The Morgan fingerprint density at radius 3 is 2.47 bits per heavy atom. The van der Waals surface area contributed by atoms with E-state index in [2.05, 4.69) is 35.6 Å². The van der Waals surface area contributed by atoms with Crippen LogP contribution in [0.1, 0.15) is 26.7 Å². The van der Waals surface area contributed by atoms with Crippen molar-refractivity contribution in [3.05, 3.63) is 34.9 Å². The highest BCUT2D eigenvalue weighted by atomic mass is 79.9. The van der Waals surface area contributed by atoms with Crippen molar-refractivity contribution in [1.29, 1.82) is 0 Å². The summed E-state index contributed by atoms with van der Waals surface area (Å²) >= 11 is 3.27. The summed E-state index contributed by atoms with van der Waals surface area (Å²) < 4.78 is 60.2. The topological polar surface area (TPSA) is 114 Å². The molecule has 13 heteroatoms. The molecule has 1 aliphatic rings. The van der Waals surface area contributed by atoms with Gasteiger partial charge >= 0.3 is 12.1 Å². The number of ether oxygens (including phenoxy) is 1. The maximum absolute atomic E-state index is 13.1. The van der Waals surface area contributed by atoms with E-state index in [1.54, 1.807) is 13.8 Å². The molecule has 0 radical (unpaired) electrons. The van der Waals surface area contributed by atoms with E-state index in [1.807, 2.05) is 0 Å². The molecule has 8 nitrogen and oxygen atoms in total. The van der Waals surface area contributed by atoms with Crippen LogP contribution in [0, 0.1) is 0 Å². The number of rotatable bonds is 7. The molecule has 1 aliphatic carbocycles. The zero-order valence-corrected chi connectivity index (χ0v) is 19.4. The van der Waals surface area contributed by atoms with E-state index < -0.39 is 39.3 Å². The number of hydrogen-bond acceptors (Lipinski definition) is 7. The average Bonchev–Trinajstić information content (AvgIpc) is 3.56. The van der Waals surface area contributed by atoms with E-state index in [4.69, 9.17) is 4.74 Å². The van der Waals surface area contributed by atoms with E-state index in [0.29, 0.717) is 23.0 Å². The van der Waals surface area contributed by atoms with Crippen LogP contribution in [0.5, 0.6) is 5.88 Å². The second-order valence-corrected chi connectivity index (χ2v) is 10.5. The molecule has 3 atom stereocenters. The van der Waals surface area contributed by atoms with Crippen molar-refractivity contribution < 1.29 is 32.0 Å². The molecule has 1 aromatic heterocycles. The maximum atomic E-state index is 13.1. The standard InChI is InChI=1S/C19H20BrF3N4O4S/c1-10(28)11(2)31-16-15(20)9-24-18(26-16)25-12-3-5-13(6-4-12)32(30,14-7-8-14)27-17(29)19(21,22)23/h3-6,9-11,14,28H,7-8H2,1-2H3,(H,24,25,26)/t10-,11-,32?/m1/s1. The first kappa shape index (κ1) is 24.4. The summed E-state index contributed by atoms with van der Waals surface area (Å²) in [5.41, 5.74) is 0.463. The van der Waals surface area contributed by atoms with Crippen LogP contribution >= 0.6 is 15.9 Å². The molecular formula is C19H20BrF3N4O4S. The Morgan fingerprint density at radius 1 is 1.31 bits per heavy atom. The van der Waals surface area contributed by atoms with Crippen LogP contribution in [0.2, 0.25) is 0 Å². The van der Waals surface area contributed by atoms with Crippen LogP contribution in [-0.2, 0) is 14.5 Å². The van der Waals surface area contributed by atoms with Crippen molar-refractivity contribution in [3.63, 3.8) is 0 Å². The van der Waals surface area contributed by atoms with E-state index in [0.717, 1.165) is 0 Å². The number of alkyl halides is 3. The van der Waals surface area contributed by atoms with Crippen molar-refractivity contribution >= 4 is 43.2 Å². The second kappa shape index (κ2) is 9.32. The van der Waals surface area contributed by atoms with Crippen LogP contribution < -0.4 is 10.1 Å². The number of nitrogens with zero attached hydrogens (tertiary/aromatic N) is 3. The zero-order valence-electron chi connectivity index (χ0n) is 17.0. The summed E-state index contributed by atoms with van der Waals surface area (Å²) in [6.07, 6.45) is -4.09. The van der Waals surface area contributed by atoms with Gasteiger partial charge in [-0.25, -0.2) is 9.19 Å². The lowest BCUT2D eigenvalue weighted by molar-refractivity contribution is -0.169. The molecule has 0 bridgehead atoms. The third kappa shape index (κ3) is 5.75. The SMILES string of the molecule is C[C@@H](O)[C@@H](C)Oc1nc(Nc2ccc(S(=O)(=NC(=O)C(F)(F)F)C3CC3)cc2)ncc1Br. The highest BCUT2D eigenvalue weighted by Crippen LogP contribution is 2.37. The highest BCUT2D eigenvalue weighted by molar-refractivity contribution is 9.10. The first-order chi connectivity index (χ1) is 14.9. The molecule has 1 amide bonds. The van der Waals surface area contributed by atoms with Gasteiger partial charge in [0, 0.05) is 15.8 Å². The smallest absolute Gasteiger partial charge is 0.471 e. The van der Waals surface area contributed by atoms with Crippen LogP contribution in [0.3, 0.4) is 0 Å². The summed E-state index contributed by atoms with van der Waals surface area (Å²) in [5.74, 6) is -1.99. The number of hydrogen-bond donors (Lipinski definition) is 2. The van der Waals surface area contributed by atoms with E-state index in [9.17, 15) is 27.3 Å². The quantitative estimate of drug-likeness (QED) is 0.544. The van der Waals surface area contributed by atoms with Crippen LogP contribution in [0.25, 0.3) is 0 Å². The lowest BCUT2D eigenvalue weighted by atomic mass is 10.3. The number of halogens is 4. The van der Waals surface area contributed by atoms with Gasteiger partial charge in [0.1, 0.15) is 6.10 Å². The lowest BCUT2D eigenvalue weighted by Crippen LogP contribution is -2.26. The number of anilines is 2. The van der Waals surface area contributed by atoms with Gasteiger partial charge in [0.05, 0.1) is 26.5 Å². The van der Waals surface area contributed by atoms with Crippen molar-refractivity contribution in [2.45, 2.75) is 55.2 Å². The molecule has 174 valence electrons. The van der Waals surface area contributed by atoms with Crippen LogP contribution in [-0.4, -0.2) is 48.8 Å². The van der Waals surface area contributed by atoms with E-state index in [1.165, 1.54) is 30.5 Å². The number of carbonyl (C=O) groups excluding carboxylic acids is 1. The minimum absolute atomic E-state index is 0.0506. The summed E-state index contributed by atoms with van der Waals surface area (Å²) in [7, 11) is -3.53. The van der Waals surface area contributed by atoms with Crippen LogP contribution in [0.4, 0.5) is 24.8 Å². The van der Waals surface area contributed by atoms with E-state index in [-0.39, 0.29) is 16.7 Å². The molecule has 1 heterocycles. The monoisotopic (exact) mass is 536 g/mol. The molecular weight excluding hydrogens is 517 g/mol. The third-order valence-electron chi connectivity index (χ3n) is 4.57. The van der Waals surface area contributed by atoms with Crippen molar-refractivity contribution in [2.75, 3.05) is 5.32 Å². The minimum atomic E-state index is -5.18. The minimum Gasteiger partial charge on any atom is -0.471 e. The highest BCUT2D eigenvalue weighted by Gasteiger charge is 2.43. The van der Waals surface area contributed by atoms with Gasteiger partial charge in [0.2, 0.25) is 11.8 Å². The Morgan fingerprint density at radius 2 is 1.94 bits per heavy atom. The third-order valence-corrected chi connectivity index (χ3v) is 7.88. The summed E-state index contributed by atoms with van der Waals surface area (Å²) in [5, 5.41) is 11.9. The van der Waals surface area contributed by atoms with Gasteiger partial charge in [-0.3, -0.25) is 4.79 Å². The number of carbonyl (C=O) groups is 1. The molecule has 2 N–H and O–H groups in total. The number of aliphatic hydroxyl groups excluding tert-OH is 1. The molecule has 1 aromatic carbocycles. The average molecular weight is 537 g/mol. The number of benzene rings is 1. The van der Waals surface area contributed by atoms with Crippen LogP contribution in [0.15, 0.2) is 44.2 Å². The van der Waals surface area contributed by atoms with Crippen molar-refractivity contribution in [2.24, 2.45) is 4.36 Å².